The summed E-state index contributed by atoms with van der Waals surface area (Å²) in [6.07, 6.45) is 0.577. The Bertz CT molecular complexity index is 859. The maximum absolute atomic E-state index is 13.5. The molecule has 2 aromatic carbocycles. The maximum Gasteiger partial charge on any atom is 0.358 e. The summed E-state index contributed by atoms with van der Waals surface area (Å²) in [6, 6.07) is 12.4. The van der Waals surface area contributed by atoms with Gasteiger partial charge in [0.1, 0.15) is 17.3 Å². The summed E-state index contributed by atoms with van der Waals surface area (Å²) in [5.74, 6) is -2.89. The quantitative estimate of drug-likeness (QED) is 0.781. The molecule has 3 rings (SSSR count). The van der Waals surface area contributed by atoms with E-state index < -0.39 is 17.6 Å². The minimum absolute atomic E-state index is 0.0804. The van der Waals surface area contributed by atoms with Gasteiger partial charge >= 0.3 is 5.97 Å². The predicted molar refractivity (Wildman–Crippen MR) is 82.5 cm³/mol. The van der Waals surface area contributed by atoms with E-state index in [1.807, 2.05) is 30.3 Å². The zero-order chi connectivity index (χ0) is 17.1. The highest BCUT2D eigenvalue weighted by molar-refractivity contribution is 5.92. The van der Waals surface area contributed by atoms with E-state index in [9.17, 15) is 18.7 Å². The highest BCUT2D eigenvalue weighted by Gasteiger charge is 2.21. The number of benzene rings is 2. The summed E-state index contributed by atoms with van der Waals surface area (Å²) in [5, 5.41) is 16.7. The van der Waals surface area contributed by atoms with Crippen molar-refractivity contribution < 1.29 is 18.7 Å². The first-order valence-electron chi connectivity index (χ1n) is 7.22. The van der Waals surface area contributed by atoms with Gasteiger partial charge in [0.25, 0.3) is 0 Å². The van der Waals surface area contributed by atoms with E-state index in [0.29, 0.717) is 13.0 Å². The van der Waals surface area contributed by atoms with Gasteiger partial charge in [-0.3, -0.25) is 0 Å². The van der Waals surface area contributed by atoms with Crippen molar-refractivity contribution in [3.63, 3.8) is 0 Å². The van der Waals surface area contributed by atoms with Gasteiger partial charge in [0.05, 0.1) is 0 Å². The number of carboxylic acids is 1. The van der Waals surface area contributed by atoms with E-state index in [1.165, 1.54) is 4.68 Å². The Labute approximate surface area is 136 Å². The second kappa shape index (κ2) is 6.57. The molecule has 24 heavy (non-hydrogen) atoms. The lowest BCUT2D eigenvalue weighted by molar-refractivity contribution is 0.0691. The first-order valence-corrected chi connectivity index (χ1v) is 7.22. The van der Waals surface area contributed by atoms with Crippen molar-refractivity contribution in [2.24, 2.45) is 0 Å². The molecule has 1 heterocycles. The van der Waals surface area contributed by atoms with Crippen molar-refractivity contribution in [3.05, 3.63) is 71.4 Å². The van der Waals surface area contributed by atoms with Gasteiger partial charge in [0, 0.05) is 18.2 Å². The van der Waals surface area contributed by atoms with Crippen LogP contribution in [0.5, 0.6) is 0 Å². The van der Waals surface area contributed by atoms with Gasteiger partial charge in [-0.25, -0.2) is 18.3 Å². The largest absolute Gasteiger partial charge is 0.476 e. The Hall–Kier alpha value is -3.09. The van der Waals surface area contributed by atoms with Gasteiger partial charge in [-0.15, -0.1) is 5.10 Å². The second-order valence-corrected chi connectivity index (χ2v) is 5.21. The summed E-state index contributed by atoms with van der Waals surface area (Å²) < 4.78 is 28.3. The fraction of sp³-hybridized carbons (Fsp3) is 0.118. The molecule has 0 bridgehead atoms. The van der Waals surface area contributed by atoms with Crippen molar-refractivity contribution in [1.82, 2.24) is 15.0 Å². The molecule has 7 heteroatoms. The molecule has 1 N–H and O–H groups in total. The molecule has 5 nitrogen and oxygen atoms in total. The first kappa shape index (κ1) is 15.8. The summed E-state index contributed by atoms with van der Waals surface area (Å²) in [7, 11) is 0. The van der Waals surface area contributed by atoms with Gasteiger partial charge in [0.2, 0.25) is 0 Å². The molecule has 0 unspecified atom stereocenters. The third-order valence-electron chi connectivity index (χ3n) is 3.53. The number of aromatic carboxylic acids is 1. The second-order valence-electron chi connectivity index (χ2n) is 5.21. The smallest absolute Gasteiger partial charge is 0.358 e. The van der Waals surface area contributed by atoms with E-state index in [0.717, 1.165) is 23.8 Å². The third-order valence-corrected chi connectivity index (χ3v) is 3.53. The number of carboxylic acid groups (broad SMARTS) is 1. The lowest BCUT2D eigenvalue weighted by atomic mass is 10.1. The molecule has 0 saturated carbocycles. The van der Waals surface area contributed by atoms with Crippen LogP contribution >= 0.6 is 0 Å². The number of hydrogen-bond donors (Lipinski definition) is 1. The topological polar surface area (TPSA) is 68.0 Å². The maximum atomic E-state index is 13.5. The molecule has 0 saturated heterocycles. The summed E-state index contributed by atoms with van der Waals surface area (Å²) in [4.78, 5) is 11.3. The molecule has 0 aliphatic heterocycles. The van der Waals surface area contributed by atoms with Crippen molar-refractivity contribution in [3.8, 4) is 11.3 Å². The molecule has 0 atom stereocenters. The molecule has 0 amide bonds. The Morgan fingerprint density at radius 3 is 2.38 bits per heavy atom. The van der Waals surface area contributed by atoms with Crippen LogP contribution in [0.4, 0.5) is 8.78 Å². The van der Waals surface area contributed by atoms with Gasteiger partial charge in [-0.1, -0.05) is 35.5 Å². The van der Waals surface area contributed by atoms with E-state index in [4.69, 9.17) is 0 Å². The van der Waals surface area contributed by atoms with Gasteiger partial charge in [-0.05, 0) is 24.1 Å². The lowest BCUT2D eigenvalue weighted by Crippen LogP contribution is -2.07. The van der Waals surface area contributed by atoms with E-state index >= 15 is 0 Å². The SMILES string of the molecule is O=C(O)c1nnn(CCc2ccccc2)c1-c1cc(F)cc(F)c1. The molecule has 1 aromatic heterocycles. The lowest BCUT2D eigenvalue weighted by Gasteiger charge is -2.08. The van der Waals surface area contributed by atoms with Crippen LogP contribution in [-0.4, -0.2) is 26.1 Å². The fourth-order valence-corrected chi connectivity index (χ4v) is 2.47. The number of carbonyl (C=O) groups is 1. The third kappa shape index (κ3) is 3.29. The first-order chi connectivity index (χ1) is 11.5. The molecule has 0 fully saturated rings. The van der Waals surface area contributed by atoms with Crippen LogP contribution in [0.2, 0.25) is 0 Å². The molecule has 0 aliphatic rings. The van der Waals surface area contributed by atoms with Crippen LogP contribution in [0.3, 0.4) is 0 Å². The monoisotopic (exact) mass is 329 g/mol. The molecule has 3 aromatic rings. The number of halogens is 2. The molecule has 122 valence electrons. The minimum Gasteiger partial charge on any atom is -0.476 e. The van der Waals surface area contributed by atoms with Gasteiger partial charge in [-0.2, -0.15) is 0 Å². The Balaban J connectivity index is 1.99. The van der Waals surface area contributed by atoms with Crippen molar-refractivity contribution in [2.75, 3.05) is 0 Å². The van der Waals surface area contributed by atoms with E-state index in [2.05, 4.69) is 10.3 Å². The van der Waals surface area contributed by atoms with Crippen LogP contribution in [0.1, 0.15) is 16.1 Å². The highest BCUT2D eigenvalue weighted by atomic mass is 19.1. The standard InChI is InChI=1S/C17H13F2N3O2/c18-13-8-12(9-14(19)10-13)16-15(17(23)24)20-21-22(16)7-6-11-4-2-1-3-5-11/h1-5,8-10H,6-7H2,(H,23,24). The predicted octanol–water partition coefficient (Wildman–Crippen LogP) is 3.16. The summed E-state index contributed by atoms with van der Waals surface area (Å²) in [6.45, 7) is 0.331. The zero-order valence-corrected chi connectivity index (χ0v) is 12.5. The average Bonchev–Trinajstić information content (AvgIpc) is 2.97. The molecular weight excluding hydrogens is 316 g/mol. The van der Waals surface area contributed by atoms with E-state index in [-0.39, 0.29) is 17.0 Å². The number of hydrogen-bond acceptors (Lipinski definition) is 3. The van der Waals surface area contributed by atoms with Crippen molar-refractivity contribution in [1.29, 1.82) is 0 Å². The fourth-order valence-electron chi connectivity index (χ4n) is 2.47. The minimum atomic E-state index is -1.30. The number of nitrogens with zero attached hydrogens (tertiary/aromatic N) is 3. The van der Waals surface area contributed by atoms with Crippen LogP contribution in [0.15, 0.2) is 48.5 Å². The highest BCUT2D eigenvalue weighted by Crippen LogP contribution is 2.24. The molecule has 0 aliphatic carbocycles. The Kier molecular flexibility index (Phi) is 4.33. The normalized spacial score (nSPS) is 10.8. The van der Waals surface area contributed by atoms with Gasteiger partial charge in [0.15, 0.2) is 5.69 Å². The number of aryl methyl sites for hydroxylation is 2. The average molecular weight is 329 g/mol. The van der Waals surface area contributed by atoms with Crippen molar-refractivity contribution >= 4 is 5.97 Å². The Morgan fingerprint density at radius 2 is 1.75 bits per heavy atom. The molecular formula is C17H13F2N3O2. The summed E-state index contributed by atoms with van der Waals surface area (Å²) >= 11 is 0. The molecule has 0 spiro atoms. The number of rotatable bonds is 5. The van der Waals surface area contributed by atoms with Crippen molar-refractivity contribution in [2.45, 2.75) is 13.0 Å². The number of aromatic nitrogens is 3. The van der Waals surface area contributed by atoms with Crippen LogP contribution in [-0.2, 0) is 13.0 Å². The van der Waals surface area contributed by atoms with Crippen LogP contribution in [0.25, 0.3) is 11.3 Å². The zero-order valence-electron chi connectivity index (χ0n) is 12.5. The van der Waals surface area contributed by atoms with E-state index in [1.54, 1.807) is 0 Å². The van der Waals surface area contributed by atoms with Crippen LogP contribution in [0, 0.1) is 11.6 Å². The van der Waals surface area contributed by atoms with Gasteiger partial charge < -0.3 is 5.11 Å². The molecule has 0 radical (unpaired) electrons. The van der Waals surface area contributed by atoms with Crippen LogP contribution < -0.4 is 0 Å². The summed E-state index contributed by atoms with van der Waals surface area (Å²) in [5.41, 5.74) is 0.856. The Morgan fingerprint density at radius 1 is 1.08 bits per heavy atom.